The minimum absolute atomic E-state index is 0.00409. The van der Waals surface area contributed by atoms with Gasteiger partial charge in [-0.1, -0.05) is 27.5 Å². The monoisotopic (exact) mass is 375 g/mol. The van der Waals surface area contributed by atoms with Crippen LogP contribution < -0.4 is 10.0 Å². The van der Waals surface area contributed by atoms with Gasteiger partial charge in [-0.05, 0) is 30.3 Å². The molecule has 5 nitrogen and oxygen atoms in total. The molecule has 0 amide bonds. The second-order valence-electron chi connectivity index (χ2n) is 3.86. The first-order valence-corrected chi connectivity index (χ1v) is 8.19. The molecule has 106 valence electrons. The number of hydrogen-bond donors (Lipinski definition) is 2. The third-order valence-corrected chi connectivity index (χ3v) is 4.62. The summed E-state index contributed by atoms with van der Waals surface area (Å²) in [6.45, 7) is 0. The summed E-state index contributed by atoms with van der Waals surface area (Å²) in [7, 11) is -2.06. The van der Waals surface area contributed by atoms with E-state index >= 15 is 0 Å². The predicted molar refractivity (Wildman–Crippen MR) is 83.7 cm³/mol. The van der Waals surface area contributed by atoms with Crippen LogP contribution in [0.15, 0.2) is 45.9 Å². The van der Waals surface area contributed by atoms with E-state index < -0.39 is 10.0 Å². The molecule has 2 N–H and O–H groups in total. The molecular weight excluding hydrogens is 366 g/mol. The second kappa shape index (κ2) is 5.99. The molecule has 1 aromatic carbocycles. The second-order valence-corrected chi connectivity index (χ2v) is 6.87. The fourth-order valence-electron chi connectivity index (χ4n) is 1.48. The highest BCUT2D eigenvalue weighted by Crippen LogP contribution is 2.24. The standard InChI is InChI=1S/C12H11BrClN3O2S/c1-15-12-11(14)6-10(7-16-12)20(18,19)17-9-4-2-8(13)3-5-9/h2-7,17H,1H3,(H,15,16). The fraction of sp³-hybridized carbons (Fsp3) is 0.0833. The average Bonchev–Trinajstić information content (AvgIpc) is 2.41. The van der Waals surface area contributed by atoms with Crippen LogP contribution >= 0.6 is 27.5 Å². The Bertz CT molecular complexity index is 720. The molecule has 0 radical (unpaired) electrons. The Labute approximate surface area is 130 Å². The van der Waals surface area contributed by atoms with E-state index in [2.05, 4.69) is 31.0 Å². The lowest BCUT2D eigenvalue weighted by Gasteiger charge is -2.09. The number of nitrogens with zero attached hydrogens (tertiary/aromatic N) is 1. The lowest BCUT2D eigenvalue weighted by atomic mass is 10.3. The number of nitrogens with one attached hydrogen (secondary N) is 2. The molecule has 0 aliphatic carbocycles. The molecule has 1 heterocycles. The van der Waals surface area contributed by atoms with Gasteiger partial charge in [0.1, 0.15) is 10.7 Å². The number of anilines is 2. The van der Waals surface area contributed by atoms with Gasteiger partial charge < -0.3 is 5.32 Å². The van der Waals surface area contributed by atoms with Gasteiger partial charge in [-0.25, -0.2) is 13.4 Å². The summed E-state index contributed by atoms with van der Waals surface area (Å²) >= 11 is 9.22. The van der Waals surface area contributed by atoms with Gasteiger partial charge in [0.25, 0.3) is 10.0 Å². The molecule has 0 saturated carbocycles. The van der Waals surface area contributed by atoms with Crippen LogP contribution in [0.5, 0.6) is 0 Å². The molecule has 0 aliphatic heterocycles. The summed E-state index contributed by atoms with van der Waals surface area (Å²) in [5.41, 5.74) is 0.460. The largest absolute Gasteiger partial charge is 0.372 e. The normalized spacial score (nSPS) is 11.2. The molecule has 0 unspecified atom stereocenters. The summed E-state index contributed by atoms with van der Waals surface area (Å²) in [6.07, 6.45) is 1.25. The lowest BCUT2D eigenvalue weighted by Crippen LogP contribution is -2.13. The Kier molecular flexibility index (Phi) is 4.52. The van der Waals surface area contributed by atoms with Crippen LogP contribution in [-0.2, 0) is 10.0 Å². The first-order chi connectivity index (χ1) is 9.42. The van der Waals surface area contributed by atoms with E-state index in [1.54, 1.807) is 31.3 Å². The molecular formula is C12H11BrClN3O2S. The van der Waals surface area contributed by atoms with Gasteiger partial charge in [0.2, 0.25) is 0 Å². The quantitative estimate of drug-likeness (QED) is 0.858. The zero-order chi connectivity index (χ0) is 14.8. The first kappa shape index (κ1) is 15.1. The van der Waals surface area contributed by atoms with E-state index in [1.807, 2.05) is 0 Å². The molecule has 20 heavy (non-hydrogen) atoms. The SMILES string of the molecule is CNc1ncc(S(=O)(=O)Nc2ccc(Br)cc2)cc1Cl. The van der Waals surface area contributed by atoms with Crippen molar-refractivity contribution < 1.29 is 8.42 Å². The summed E-state index contributed by atoms with van der Waals surface area (Å²) in [5, 5.41) is 3.01. The number of sulfonamides is 1. The van der Waals surface area contributed by atoms with Gasteiger partial charge in [-0.2, -0.15) is 0 Å². The molecule has 0 bridgehead atoms. The van der Waals surface area contributed by atoms with E-state index in [1.165, 1.54) is 12.3 Å². The van der Waals surface area contributed by atoms with Crippen molar-refractivity contribution in [3.63, 3.8) is 0 Å². The third kappa shape index (κ3) is 3.41. The Morgan fingerprint density at radius 2 is 1.90 bits per heavy atom. The molecule has 0 fully saturated rings. The molecule has 2 aromatic rings. The molecule has 1 aromatic heterocycles. The minimum atomic E-state index is -3.71. The zero-order valence-electron chi connectivity index (χ0n) is 10.4. The maximum Gasteiger partial charge on any atom is 0.263 e. The van der Waals surface area contributed by atoms with Crippen molar-refractivity contribution in [2.24, 2.45) is 0 Å². The Morgan fingerprint density at radius 1 is 1.25 bits per heavy atom. The highest BCUT2D eigenvalue weighted by Gasteiger charge is 2.16. The van der Waals surface area contributed by atoms with Crippen LogP contribution in [-0.4, -0.2) is 20.4 Å². The smallest absolute Gasteiger partial charge is 0.263 e. The number of halogens is 2. The fourth-order valence-corrected chi connectivity index (χ4v) is 3.10. The average molecular weight is 377 g/mol. The summed E-state index contributed by atoms with van der Waals surface area (Å²) in [5.74, 6) is 0.425. The van der Waals surface area contributed by atoms with Gasteiger partial charge in [-0.3, -0.25) is 4.72 Å². The number of benzene rings is 1. The van der Waals surface area contributed by atoms with Crippen LogP contribution in [0.2, 0.25) is 5.02 Å². The van der Waals surface area contributed by atoms with E-state index in [0.717, 1.165) is 4.47 Å². The van der Waals surface area contributed by atoms with Crippen molar-refractivity contribution in [2.45, 2.75) is 4.90 Å². The number of aromatic nitrogens is 1. The third-order valence-electron chi connectivity index (χ3n) is 2.46. The minimum Gasteiger partial charge on any atom is -0.372 e. The Morgan fingerprint density at radius 3 is 2.45 bits per heavy atom. The number of pyridine rings is 1. The van der Waals surface area contributed by atoms with Crippen molar-refractivity contribution in [3.8, 4) is 0 Å². The highest BCUT2D eigenvalue weighted by atomic mass is 79.9. The Hall–Kier alpha value is -1.31. The summed E-state index contributed by atoms with van der Waals surface area (Å²) < 4.78 is 27.7. The van der Waals surface area contributed by atoms with Gasteiger partial charge in [0.15, 0.2) is 0 Å². The summed E-state index contributed by atoms with van der Waals surface area (Å²) in [6, 6.07) is 8.14. The topological polar surface area (TPSA) is 71.1 Å². The lowest BCUT2D eigenvalue weighted by molar-refractivity contribution is 0.601. The number of hydrogen-bond acceptors (Lipinski definition) is 4. The van der Waals surface area contributed by atoms with Crippen LogP contribution in [0.25, 0.3) is 0 Å². The van der Waals surface area contributed by atoms with Crippen LogP contribution in [0, 0.1) is 0 Å². The molecule has 0 saturated heterocycles. The van der Waals surface area contributed by atoms with Gasteiger partial charge in [-0.15, -0.1) is 0 Å². The summed E-state index contributed by atoms with van der Waals surface area (Å²) in [4.78, 5) is 3.95. The van der Waals surface area contributed by atoms with Crippen molar-refractivity contribution in [1.29, 1.82) is 0 Å². The van der Waals surface area contributed by atoms with Crippen molar-refractivity contribution >= 4 is 49.1 Å². The maximum atomic E-state index is 12.2. The van der Waals surface area contributed by atoms with Crippen LogP contribution in [0.4, 0.5) is 11.5 Å². The van der Waals surface area contributed by atoms with Gasteiger partial charge in [0, 0.05) is 23.4 Å². The highest BCUT2D eigenvalue weighted by molar-refractivity contribution is 9.10. The number of rotatable bonds is 4. The van der Waals surface area contributed by atoms with Crippen molar-refractivity contribution in [3.05, 3.63) is 46.0 Å². The van der Waals surface area contributed by atoms with E-state index in [9.17, 15) is 8.42 Å². The van der Waals surface area contributed by atoms with Gasteiger partial charge in [0.05, 0.1) is 5.02 Å². The van der Waals surface area contributed by atoms with Crippen molar-refractivity contribution in [1.82, 2.24) is 4.98 Å². The van der Waals surface area contributed by atoms with Crippen molar-refractivity contribution in [2.75, 3.05) is 17.1 Å². The molecule has 0 atom stereocenters. The molecule has 0 aliphatic rings. The van der Waals surface area contributed by atoms with Crippen LogP contribution in [0.1, 0.15) is 0 Å². The molecule has 0 spiro atoms. The van der Waals surface area contributed by atoms with Crippen LogP contribution in [0.3, 0.4) is 0 Å². The predicted octanol–water partition coefficient (Wildman–Crippen LogP) is 3.34. The molecule has 8 heteroatoms. The van der Waals surface area contributed by atoms with E-state index in [0.29, 0.717) is 11.5 Å². The molecule has 2 rings (SSSR count). The zero-order valence-corrected chi connectivity index (χ0v) is 13.6. The Balaban J connectivity index is 2.30. The first-order valence-electron chi connectivity index (χ1n) is 5.54. The van der Waals surface area contributed by atoms with Gasteiger partial charge >= 0.3 is 0 Å². The van der Waals surface area contributed by atoms with E-state index in [4.69, 9.17) is 11.6 Å². The van der Waals surface area contributed by atoms with E-state index in [-0.39, 0.29) is 9.92 Å². The maximum absolute atomic E-state index is 12.2.